The first-order valence-electron chi connectivity index (χ1n) is 8.59. The Hall–Kier alpha value is -1.44. The molecule has 140 valence electrons. The molecule has 1 saturated heterocycles. The van der Waals surface area contributed by atoms with Gasteiger partial charge in [-0.15, -0.1) is 0 Å². The smallest absolute Gasteiger partial charge is 0.240 e. The van der Waals surface area contributed by atoms with Crippen molar-refractivity contribution in [3.63, 3.8) is 0 Å². The maximum absolute atomic E-state index is 12.6. The second-order valence-electron chi connectivity index (χ2n) is 6.38. The lowest BCUT2D eigenvalue weighted by atomic mass is 10.0. The van der Waals surface area contributed by atoms with Gasteiger partial charge in [0.1, 0.15) is 0 Å². The number of hydrogen-bond acceptors (Lipinski definition) is 4. The molecule has 1 atom stereocenters. The monoisotopic (exact) mass is 394 g/mol. The van der Waals surface area contributed by atoms with Crippen molar-refractivity contribution < 1.29 is 13.2 Å². The molecule has 1 fully saturated rings. The lowest BCUT2D eigenvalue weighted by Gasteiger charge is -2.35. The van der Waals surface area contributed by atoms with Crippen molar-refractivity contribution in [2.45, 2.75) is 17.9 Å². The molecule has 1 heterocycles. The molecule has 26 heavy (non-hydrogen) atoms. The molecule has 5 nitrogen and oxygen atoms in total. The molecule has 0 bridgehead atoms. The van der Waals surface area contributed by atoms with E-state index in [0.717, 1.165) is 18.7 Å². The SMILES string of the molecule is Cc1ccc([C@@H](CNS(=O)(=O)c2ccc(Cl)cc2)N2CCOCC2)cc1. The fourth-order valence-corrected chi connectivity index (χ4v) is 4.19. The van der Waals surface area contributed by atoms with Gasteiger partial charge in [0.05, 0.1) is 18.1 Å². The molecule has 0 saturated carbocycles. The van der Waals surface area contributed by atoms with E-state index < -0.39 is 10.0 Å². The highest BCUT2D eigenvalue weighted by molar-refractivity contribution is 7.89. The first kappa shape index (κ1) is 19.3. The van der Waals surface area contributed by atoms with Crippen LogP contribution in [-0.2, 0) is 14.8 Å². The number of benzene rings is 2. The van der Waals surface area contributed by atoms with Gasteiger partial charge in [-0.05, 0) is 36.8 Å². The van der Waals surface area contributed by atoms with E-state index in [1.54, 1.807) is 12.1 Å². The van der Waals surface area contributed by atoms with Gasteiger partial charge in [0.25, 0.3) is 0 Å². The number of sulfonamides is 1. The normalized spacial score (nSPS) is 17.2. The Labute approximate surface area is 160 Å². The highest BCUT2D eigenvalue weighted by Crippen LogP contribution is 2.23. The summed E-state index contributed by atoms with van der Waals surface area (Å²) in [4.78, 5) is 2.48. The maximum atomic E-state index is 12.6. The summed E-state index contributed by atoms with van der Waals surface area (Å²) in [5.41, 5.74) is 2.27. The van der Waals surface area contributed by atoms with Crippen molar-refractivity contribution in [3.8, 4) is 0 Å². The van der Waals surface area contributed by atoms with Crippen LogP contribution in [0.2, 0.25) is 5.02 Å². The quantitative estimate of drug-likeness (QED) is 0.818. The number of nitrogens with one attached hydrogen (secondary N) is 1. The predicted octanol–water partition coefficient (Wildman–Crippen LogP) is 3.00. The Morgan fingerprint density at radius 1 is 1.08 bits per heavy atom. The van der Waals surface area contributed by atoms with E-state index in [2.05, 4.69) is 33.9 Å². The van der Waals surface area contributed by atoms with E-state index in [4.69, 9.17) is 16.3 Å². The maximum Gasteiger partial charge on any atom is 0.240 e. The molecule has 1 aliphatic heterocycles. The van der Waals surface area contributed by atoms with Gasteiger partial charge in [-0.1, -0.05) is 41.4 Å². The zero-order chi connectivity index (χ0) is 18.6. The largest absolute Gasteiger partial charge is 0.379 e. The van der Waals surface area contributed by atoms with Crippen molar-refractivity contribution in [3.05, 3.63) is 64.7 Å². The van der Waals surface area contributed by atoms with Crippen LogP contribution in [0.25, 0.3) is 0 Å². The van der Waals surface area contributed by atoms with Gasteiger partial charge in [0.15, 0.2) is 0 Å². The number of nitrogens with zero attached hydrogens (tertiary/aromatic N) is 1. The van der Waals surface area contributed by atoms with Crippen molar-refractivity contribution in [1.29, 1.82) is 0 Å². The van der Waals surface area contributed by atoms with Gasteiger partial charge < -0.3 is 4.74 Å². The van der Waals surface area contributed by atoms with E-state index in [1.807, 2.05) is 6.92 Å². The molecule has 0 spiro atoms. The summed E-state index contributed by atoms with van der Waals surface area (Å²) in [7, 11) is -3.59. The van der Waals surface area contributed by atoms with E-state index >= 15 is 0 Å². The van der Waals surface area contributed by atoms with E-state index in [9.17, 15) is 8.42 Å². The second kappa shape index (κ2) is 8.50. The van der Waals surface area contributed by atoms with E-state index in [0.29, 0.717) is 24.8 Å². The summed E-state index contributed by atoms with van der Waals surface area (Å²) in [6.07, 6.45) is 0. The van der Waals surface area contributed by atoms with Crippen LogP contribution in [0, 0.1) is 6.92 Å². The first-order chi connectivity index (χ1) is 12.5. The third-order valence-corrected chi connectivity index (χ3v) is 6.23. The minimum Gasteiger partial charge on any atom is -0.379 e. The molecule has 2 aromatic rings. The molecule has 1 N–H and O–H groups in total. The van der Waals surface area contributed by atoms with Gasteiger partial charge >= 0.3 is 0 Å². The van der Waals surface area contributed by atoms with Gasteiger partial charge in [0, 0.05) is 30.7 Å². The van der Waals surface area contributed by atoms with Crippen LogP contribution in [-0.4, -0.2) is 46.2 Å². The minimum absolute atomic E-state index is 0.0402. The topological polar surface area (TPSA) is 58.6 Å². The number of morpholine rings is 1. The van der Waals surface area contributed by atoms with Crippen LogP contribution in [0.15, 0.2) is 53.4 Å². The zero-order valence-electron chi connectivity index (χ0n) is 14.7. The summed E-state index contributed by atoms with van der Waals surface area (Å²) < 4.78 is 33.4. The molecule has 0 unspecified atom stereocenters. The summed E-state index contributed by atoms with van der Waals surface area (Å²) in [6.45, 7) is 5.21. The molecule has 7 heteroatoms. The number of ether oxygens (including phenoxy) is 1. The fraction of sp³-hybridized carbons (Fsp3) is 0.368. The number of rotatable bonds is 6. The van der Waals surface area contributed by atoms with Crippen molar-refractivity contribution >= 4 is 21.6 Å². The standard InChI is InChI=1S/C19H23ClN2O3S/c1-15-2-4-16(5-3-15)19(22-10-12-25-13-11-22)14-21-26(23,24)18-8-6-17(20)7-9-18/h2-9,19,21H,10-14H2,1H3/t19-/m1/s1. The van der Waals surface area contributed by atoms with Crippen LogP contribution in [0.5, 0.6) is 0 Å². The Morgan fingerprint density at radius 3 is 2.31 bits per heavy atom. The molecule has 2 aromatic carbocycles. The van der Waals surface area contributed by atoms with Gasteiger partial charge in [-0.25, -0.2) is 13.1 Å². The van der Waals surface area contributed by atoms with Crippen LogP contribution >= 0.6 is 11.6 Å². The van der Waals surface area contributed by atoms with Crippen molar-refractivity contribution in [2.24, 2.45) is 0 Å². The van der Waals surface area contributed by atoms with Crippen LogP contribution in [0.4, 0.5) is 0 Å². The van der Waals surface area contributed by atoms with Crippen LogP contribution in [0.3, 0.4) is 0 Å². The van der Waals surface area contributed by atoms with Crippen LogP contribution < -0.4 is 4.72 Å². The molecular formula is C19H23ClN2O3S. The minimum atomic E-state index is -3.59. The van der Waals surface area contributed by atoms with Crippen molar-refractivity contribution in [2.75, 3.05) is 32.8 Å². The van der Waals surface area contributed by atoms with Crippen molar-refractivity contribution in [1.82, 2.24) is 9.62 Å². The number of halogens is 1. The van der Waals surface area contributed by atoms with Crippen LogP contribution in [0.1, 0.15) is 17.2 Å². The van der Waals surface area contributed by atoms with E-state index in [1.165, 1.54) is 17.7 Å². The van der Waals surface area contributed by atoms with Gasteiger partial charge in [-0.3, -0.25) is 4.90 Å². The highest BCUT2D eigenvalue weighted by Gasteiger charge is 2.25. The fourth-order valence-electron chi connectivity index (χ4n) is 3.02. The number of hydrogen-bond donors (Lipinski definition) is 1. The summed E-state index contributed by atoms with van der Waals surface area (Å²) in [6, 6.07) is 14.4. The first-order valence-corrected chi connectivity index (χ1v) is 10.5. The van der Waals surface area contributed by atoms with E-state index in [-0.39, 0.29) is 10.9 Å². The predicted molar refractivity (Wildman–Crippen MR) is 103 cm³/mol. The summed E-state index contributed by atoms with van der Waals surface area (Å²) in [5.74, 6) is 0. The molecule has 1 aliphatic rings. The average Bonchev–Trinajstić information content (AvgIpc) is 2.64. The third-order valence-electron chi connectivity index (χ3n) is 4.54. The van der Waals surface area contributed by atoms with Gasteiger partial charge in [-0.2, -0.15) is 0 Å². The highest BCUT2D eigenvalue weighted by atomic mass is 35.5. The Morgan fingerprint density at radius 2 is 1.69 bits per heavy atom. The molecule has 0 aromatic heterocycles. The third kappa shape index (κ3) is 4.84. The lowest BCUT2D eigenvalue weighted by Crippen LogP contribution is -2.43. The molecular weight excluding hydrogens is 372 g/mol. The molecule has 0 aliphatic carbocycles. The Kier molecular flexibility index (Phi) is 6.32. The molecule has 0 radical (unpaired) electrons. The summed E-state index contributed by atoms with van der Waals surface area (Å²) >= 11 is 5.85. The van der Waals surface area contributed by atoms with Gasteiger partial charge in [0.2, 0.25) is 10.0 Å². The second-order valence-corrected chi connectivity index (χ2v) is 8.58. The zero-order valence-corrected chi connectivity index (χ0v) is 16.3. The average molecular weight is 395 g/mol. The molecule has 0 amide bonds. The lowest BCUT2D eigenvalue weighted by molar-refractivity contribution is 0.0172. The Bertz CT molecular complexity index is 817. The molecule has 3 rings (SSSR count). The Balaban J connectivity index is 1.78. The summed E-state index contributed by atoms with van der Waals surface area (Å²) in [5, 5.41) is 0.509. The number of aryl methyl sites for hydroxylation is 1.